The Balaban J connectivity index is 2.83. The summed E-state index contributed by atoms with van der Waals surface area (Å²) in [7, 11) is 0. The first-order valence-electron chi connectivity index (χ1n) is 9.80. The maximum absolute atomic E-state index is 12.9. The van der Waals surface area contributed by atoms with Crippen molar-refractivity contribution in [3.05, 3.63) is 35.9 Å². The molecule has 166 valence electrons. The van der Waals surface area contributed by atoms with Crippen molar-refractivity contribution < 1.29 is 29.0 Å². The molecular weight excluding hydrogens is 390 g/mol. The van der Waals surface area contributed by atoms with Gasteiger partial charge in [0.25, 0.3) is 0 Å². The van der Waals surface area contributed by atoms with E-state index in [0.717, 1.165) is 5.56 Å². The fourth-order valence-electron chi connectivity index (χ4n) is 2.80. The van der Waals surface area contributed by atoms with Crippen LogP contribution < -0.4 is 16.4 Å². The van der Waals surface area contributed by atoms with Crippen molar-refractivity contribution in [3.63, 3.8) is 0 Å². The Morgan fingerprint density at radius 3 is 2.30 bits per heavy atom. The van der Waals surface area contributed by atoms with Crippen molar-refractivity contribution >= 4 is 23.9 Å². The molecule has 9 heteroatoms. The standard InChI is InChI=1S/C21H31N3O6/c1-21(2,3)30-20(29)24-16(12-14-8-5-4-6-9-14)17(25)13-15(18(26)27)10-7-11-23-19(22)28/h4-6,8-9,15-16H,7,10-13H2,1-3H3,(H,24,29)(H,26,27)(H3,22,23,28)/t15-,16-/m1/s1. The van der Waals surface area contributed by atoms with Crippen LogP contribution in [0.25, 0.3) is 0 Å². The molecule has 0 aliphatic rings. The Labute approximate surface area is 176 Å². The minimum Gasteiger partial charge on any atom is -0.481 e. The van der Waals surface area contributed by atoms with E-state index in [4.69, 9.17) is 10.5 Å². The second-order valence-corrected chi connectivity index (χ2v) is 8.03. The van der Waals surface area contributed by atoms with Crippen molar-refractivity contribution in [1.29, 1.82) is 0 Å². The zero-order valence-electron chi connectivity index (χ0n) is 17.6. The van der Waals surface area contributed by atoms with Crippen molar-refractivity contribution in [1.82, 2.24) is 10.6 Å². The zero-order valence-corrected chi connectivity index (χ0v) is 17.6. The average Bonchev–Trinajstić information content (AvgIpc) is 2.62. The average molecular weight is 421 g/mol. The van der Waals surface area contributed by atoms with E-state index in [0.29, 0.717) is 6.42 Å². The number of carboxylic acid groups (broad SMARTS) is 1. The molecule has 0 fully saturated rings. The van der Waals surface area contributed by atoms with Crippen molar-refractivity contribution in [2.75, 3.05) is 6.54 Å². The summed E-state index contributed by atoms with van der Waals surface area (Å²) in [5, 5.41) is 14.4. The Bertz CT molecular complexity index is 730. The number of primary amides is 1. The number of amides is 3. The molecule has 0 bridgehead atoms. The summed E-state index contributed by atoms with van der Waals surface area (Å²) in [4.78, 5) is 47.4. The normalized spacial score (nSPS) is 13.0. The number of carboxylic acids is 1. The minimum atomic E-state index is -1.11. The largest absolute Gasteiger partial charge is 0.481 e. The molecule has 30 heavy (non-hydrogen) atoms. The van der Waals surface area contributed by atoms with E-state index in [2.05, 4.69) is 10.6 Å². The topological polar surface area (TPSA) is 148 Å². The smallest absolute Gasteiger partial charge is 0.408 e. The molecule has 0 saturated carbocycles. The molecule has 1 aromatic carbocycles. The molecule has 0 radical (unpaired) electrons. The number of urea groups is 1. The van der Waals surface area contributed by atoms with Crippen LogP contribution in [0.4, 0.5) is 9.59 Å². The molecule has 1 aromatic rings. The third-order valence-electron chi connectivity index (χ3n) is 4.19. The summed E-state index contributed by atoms with van der Waals surface area (Å²) in [6.45, 7) is 5.35. The van der Waals surface area contributed by atoms with E-state index in [1.54, 1.807) is 20.8 Å². The van der Waals surface area contributed by atoms with Gasteiger partial charge in [-0.05, 0) is 45.6 Å². The van der Waals surface area contributed by atoms with Crippen molar-refractivity contribution in [2.45, 2.75) is 58.1 Å². The maximum Gasteiger partial charge on any atom is 0.408 e. The molecule has 0 saturated heterocycles. The molecule has 0 unspecified atom stereocenters. The van der Waals surface area contributed by atoms with Gasteiger partial charge in [0.15, 0.2) is 5.78 Å². The Morgan fingerprint density at radius 1 is 1.13 bits per heavy atom. The van der Waals surface area contributed by atoms with Gasteiger partial charge in [0.1, 0.15) is 5.60 Å². The van der Waals surface area contributed by atoms with E-state index in [1.807, 2.05) is 30.3 Å². The molecule has 3 amide bonds. The lowest BCUT2D eigenvalue weighted by Crippen LogP contribution is -2.45. The second-order valence-electron chi connectivity index (χ2n) is 8.03. The van der Waals surface area contributed by atoms with Crippen LogP contribution in [-0.2, 0) is 20.7 Å². The number of carbonyl (C=O) groups excluding carboxylic acids is 3. The van der Waals surface area contributed by atoms with Crippen LogP contribution in [0.5, 0.6) is 0 Å². The number of ketones is 1. The van der Waals surface area contributed by atoms with Gasteiger partial charge in [-0.1, -0.05) is 30.3 Å². The molecule has 1 rings (SSSR count). The van der Waals surface area contributed by atoms with Gasteiger partial charge in [0, 0.05) is 13.0 Å². The molecule has 0 heterocycles. The Morgan fingerprint density at radius 2 is 1.77 bits per heavy atom. The van der Waals surface area contributed by atoms with Crippen LogP contribution in [0.3, 0.4) is 0 Å². The van der Waals surface area contributed by atoms with Crippen LogP contribution >= 0.6 is 0 Å². The summed E-state index contributed by atoms with van der Waals surface area (Å²) < 4.78 is 5.24. The predicted octanol–water partition coefficient (Wildman–Crippen LogP) is 2.23. The zero-order chi connectivity index (χ0) is 22.7. The third-order valence-corrected chi connectivity index (χ3v) is 4.19. The third kappa shape index (κ3) is 10.4. The molecule has 0 spiro atoms. The van der Waals surface area contributed by atoms with Gasteiger partial charge in [-0.3, -0.25) is 9.59 Å². The van der Waals surface area contributed by atoms with Gasteiger partial charge in [-0.2, -0.15) is 0 Å². The summed E-state index contributed by atoms with van der Waals surface area (Å²) in [5.41, 5.74) is 5.07. The number of Topliss-reactive ketones (excluding diaryl/α,β-unsaturated/α-hetero) is 1. The van der Waals surface area contributed by atoms with Gasteiger partial charge in [-0.25, -0.2) is 9.59 Å². The number of rotatable bonds is 11. The Hall–Kier alpha value is -3.10. The molecule has 5 N–H and O–H groups in total. The Kier molecular flexibility index (Phi) is 9.80. The fraction of sp³-hybridized carbons (Fsp3) is 0.524. The van der Waals surface area contributed by atoms with Gasteiger partial charge < -0.3 is 26.2 Å². The van der Waals surface area contributed by atoms with Crippen LogP contribution in [0, 0.1) is 5.92 Å². The van der Waals surface area contributed by atoms with Gasteiger partial charge >= 0.3 is 18.1 Å². The molecule has 0 aliphatic heterocycles. The van der Waals surface area contributed by atoms with Gasteiger partial charge in [0.05, 0.1) is 12.0 Å². The first-order chi connectivity index (χ1) is 14.0. The lowest BCUT2D eigenvalue weighted by molar-refractivity contribution is -0.144. The molecular formula is C21H31N3O6. The number of nitrogens with one attached hydrogen (secondary N) is 2. The highest BCUT2D eigenvalue weighted by Gasteiger charge is 2.29. The summed E-state index contributed by atoms with van der Waals surface area (Å²) in [6.07, 6.45) is -0.232. The number of benzene rings is 1. The summed E-state index contributed by atoms with van der Waals surface area (Å²) in [5.74, 6) is -2.45. The maximum atomic E-state index is 12.9. The first-order valence-corrected chi connectivity index (χ1v) is 9.80. The molecule has 9 nitrogen and oxygen atoms in total. The van der Waals surface area contributed by atoms with Crippen molar-refractivity contribution in [3.8, 4) is 0 Å². The monoisotopic (exact) mass is 421 g/mol. The highest BCUT2D eigenvalue weighted by molar-refractivity contribution is 5.90. The van der Waals surface area contributed by atoms with E-state index in [1.165, 1.54) is 0 Å². The van der Waals surface area contributed by atoms with Crippen molar-refractivity contribution in [2.24, 2.45) is 11.7 Å². The van der Waals surface area contributed by atoms with Gasteiger partial charge in [-0.15, -0.1) is 0 Å². The van der Waals surface area contributed by atoms with Crippen LogP contribution in [0.2, 0.25) is 0 Å². The van der Waals surface area contributed by atoms with E-state index in [-0.39, 0.29) is 25.8 Å². The summed E-state index contributed by atoms with van der Waals surface area (Å²) >= 11 is 0. The van der Waals surface area contributed by atoms with Crippen LogP contribution in [0.1, 0.15) is 45.6 Å². The highest BCUT2D eigenvalue weighted by Crippen LogP contribution is 2.16. The van der Waals surface area contributed by atoms with Crippen LogP contribution in [-0.4, -0.2) is 47.2 Å². The highest BCUT2D eigenvalue weighted by atomic mass is 16.6. The number of hydrogen-bond donors (Lipinski definition) is 4. The number of aliphatic carboxylic acids is 1. The number of nitrogens with two attached hydrogens (primary N) is 1. The molecule has 2 atom stereocenters. The van der Waals surface area contributed by atoms with Gasteiger partial charge in [0.2, 0.25) is 0 Å². The SMILES string of the molecule is CC(C)(C)OC(=O)N[C@H](Cc1ccccc1)C(=O)C[C@@H](CCCNC(N)=O)C(=O)O. The van der Waals surface area contributed by atoms with E-state index < -0.39 is 41.4 Å². The number of ether oxygens (including phenoxy) is 1. The second kappa shape index (κ2) is 11.8. The number of hydrogen-bond acceptors (Lipinski definition) is 5. The first kappa shape index (κ1) is 24.9. The lowest BCUT2D eigenvalue weighted by atomic mass is 9.92. The predicted molar refractivity (Wildman–Crippen MR) is 111 cm³/mol. The lowest BCUT2D eigenvalue weighted by Gasteiger charge is -2.24. The van der Waals surface area contributed by atoms with E-state index >= 15 is 0 Å². The molecule has 0 aliphatic carbocycles. The van der Waals surface area contributed by atoms with Crippen LogP contribution in [0.15, 0.2) is 30.3 Å². The van der Waals surface area contributed by atoms with E-state index in [9.17, 15) is 24.3 Å². The quantitative estimate of drug-likeness (QED) is 0.403. The molecule has 0 aromatic heterocycles. The number of carbonyl (C=O) groups is 4. The summed E-state index contributed by atoms with van der Waals surface area (Å²) in [6, 6.07) is 7.49. The number of alkyl carbamates (subject to hydrolysis) is 1. The fourth-order valence-corrected chi connectivity index (χ4v) is 2.80. The minimum absolute atomic E-state index is 0.186.